The van der Waals surface area contributed by atoms with Crippen molar-refractivity contribution < 1.29 is 22.4 Å². The maximum Gasteiger partial charge on any atom is 0.392 e. The molecule has 2 amide bonds. The molecule has 3 aliphatic carbocycles. The number of piperidine rings is 1. The van der Waals surface area contributed by atoms with Crippen molar-refractivity contribution in [3.63, 3.8) is 0 Å². The van der Waals surface area contributed by atoms with E-state index >= 15 is 0 Å². The number of hydrogen-bond donors (Lipinski definition) is 1. The number of aryl methyl sites for hydroxylation is 1. The summed E-state index contributed by atoms with van der Waals surface area (Å²) in [5, 5.41) is 11.2. The van der Waals surface area contributed by atoms with Gasteiger partial charge in [-0.05, 0) is 50.4 Å². The van der Waals surface area contributed by atoms with Crippen molar-refractivity contribution in [3.8, 4) is 0 Å². The van der Waals surface area contributed by atoms with E-state index in [9.17, 15) is 18.0 Å². The molecule has 1 aromatic heterocycles. The number of urea groups is 1. The number of rotatable bonds is 3. The molecule has 6 nitrogen and oxygen atoms in total. The third-order valence-electron chi connectivity index (χ3n) is 8.07. The molecule has 9 heteroatoms. The molecular formula is C21H29F3N4O2. The highest BCUT2D eigenvalue weighted by atomic mass is 19.4. The topological polar surface area (TPSA) is 71.3 Å². The molecule has 0 spiro atoms. The number of nitrogens with zero attached hydrogens (tertiary/aromatic N) is 3. The van der Waals surface area contributed by atoms with E-state index in [0.29, 0.717) is 24.6 Å². The minimum Gasteiger partial charge on any atom is -0.423 e. The first-order valence-electron chi connectivity index (χ1n) is 11.2. The van der Waals surface area contributed by atoms with E-state index in [1.54, 1.807) is 6.92 Å². The first-order valence-corrected chi connectivity index (χ1v) is 11.2. The lowest BCUT2D eigenvalue weighted by atomic mass is 9.64. The molecule has 1 N–H and O–H groups in total. The monoisotopic (exact) mass is 426 g/mol. The summed E-state index contributed by atoms with van der Waals surface area (Å²) in [5.74, 6) is -0.498. The van der Waals surface area contributed by atoms with Crippen LogP contribution in [0.15, 0.2) is 4.42 Å². The van der Waals surface area contributed by atoms with Gasteiger partial charge in [0.15, 0.2) is 0 Å². The molecule has 4 aliphatic rings. The van der Waals surface area contributed by atoms with Crippen LogP contribution >= 0.6 is 0 Å². The zero-order valence-electron chi connectivity index (χ0n) is 17.2. The lowest BCUT2D eigenvalue weighted by Gasteiger charge is -2.60. The van der Waals surface area contributed by atoms with Crippen LogP contribution in [0.25, 0.3) is 0 Å². The van der Waals surface area contributed by atoms with Crippen LogP contribution in [0.2, 0.25) is 0 Å². The van der Waals surface area contributed by atoms with Crippen LogP contribution in [-0.4, -0.2) is 39.4 Å². The van der Waals surface area contributed by atoms with E-state index in [-0.39, 0.29) is 36.4 Å². The Morgan fingerprint density at radius 1 is 1.17 bits per heavy atom. The second kappa shape index (κ2) is 7.12. The highest BCUT2D eigenvalue weighted by Crippen LogP contribution is 2.54. The standard InChI is InChI=1S/C21H29F3N4O2/c1-12-26-27-18(30-12)20-9-3-6-15(11-20)28(20)19(29)25-14-7-8-17(21(22,23)24)16(10-14)13-4-2-5-13/h13-17H,2-11H2,1H3,(H,25,29)/t14?,15-,16?,17?,20+/m1/s1. The number of aromatic nitrogens is 2. The first kappa shape index (κ1) is 20.1. The minimum absolute atomic E-state index is 0.104. The van der Waals surface area contributed by atoms with E-state index in [1.165, 1.54) is 0 Å². The number of amides is 2. The van der Waals surface area contributed by atoms with Gasteiger partial charge < -0.3 is 14.6 Å². The normalized spacial score (nSPS) is 36.7. The summed E-state index contributed by atoms with van der Waals surface area (Å²) in [7, 11) is 0. The predicted molar refractivity (Wildman–Crippen MR) is 101 cm³/mol. The zero-order valence-corrected chi connectivity index (χ0v) is 17.2. The van der Waals surface area contributed by atoms with Gasteiger partial charge in [0, 0.05) is 25.4 Å². The molecule has 3 saturated carbocycles. The van der Waals surface area contributed by atoms with Crippen LogP contribution in [0.3, 0.4) is 0 Å². The summed E-state index contributed by atoms with van der Waals surface area (Å²) in [4.78, 5) is 15.1. The van der Waals surface area contributed by atoms with Gasteiger partial charge in [0.1, 0.15) is 5.54 Å². The number of fused-ring (bicyclic) bond motifs is 2. The van der Waals surface area contributed by atoms with Crippen molar-refractivity contribution in [2.24, 2.45) is 17.8 Å². The average Bonchev–Trinajstić information content (AvgIpc) is 3.06. The summed E-state index contributed by atoms with van der Waals surface area (Å²) in [6.07, 6.45) is 3.07. The number of carbonyl (C=O) groups excluding carboxylic acids is 1. The van der Waals surface area contributed by atoms with Gasteiger partial charge in [0.25, 0.3) is 0 Å². The third kappa shape index (κ3) is 3.19. The molecule has 1 aliphatic heterocycles. The summed E-state index contributed by atoms with van der Waals surface area (Å²) in [5.41, 5.74) is -0.551. The Kier molecular flexibility index (Phi) is 4.78. The van der Waals surface area contributed by atoms with Gasteiger partial charge in [-0.1, -0.05) is 19.3 Å². The predicted octanol–water partition coefficient (Wildman–Crippen LogP) is 4.69. The summed E-state index contributed by atoms with van der Waals surface area (Å²) < 4.78 is 46.4. The molecule has 1 saturated heterocycles. The van der Waals surface area contributed by atoms with Gasteiger partial charge in [-0.2, -0.15) is 13.2 Å². The highest BCUT2D eigenvalue weighted by Gasteiger charge is 2.61. The molecule has 2 heterocycles. The van der Waals surface area contributed by atoms with Crippen molar-refractivity contribution in [2.45, 2.75) is 94.9 Å². The van der Waals surface area contributed by atoms with Crippen LogP contribution in [-0.2, 0) is 5.54 Å². The minimum atomic E-state index is -4.15. The van der Waals surface area contributed by atoms with E-state index in [1.807, 2.05) is 4.90 Å². The second-order valence-electron chi connectivity index (χ2n) is 9.74. The fourth-order valence-corrected chi connectivity index (χ4v) is 6.42. The summed E-state index contributed by atoms with van der Waals surface area (Å²) in [6, 6.07) is -0.256. The highest BCUT2D eigenvalue weighted by molar-refractivity contribution is 5.77. The Bertz CT molecular complexity index is 804. The van der Waals surface area contributed by atoms with Gasteiger partial charge in [0.2, 0.25) is 11.8 Å². The molecule has 0 radical (unpaired) electrons. The molecule has 2 bridgehead atoms. The van der Waals surface area contributed by atoms with Crippen molar-refractivity contribution in [3.05, 3.63) is 11.8 Å². The first-order chi connectivity index (χ1) is 14.3. The Morgan fingerprint density at radius 3 is 2.57 bits per heavy atom. The van der Waals surface area contributed by atoms with E-state index < -0.39 is 17.6 Å². The smallest absolute Gasteiger partial charge is 0.392 e. The van der Waals surface area contributed by atoms with Crippen LogP contribution < -0.4 is 5.32 Å². The molecule has 0 aromatic carbocycles. The lowest BCUT2D eigenvalue weighted by Crippen LogP contribution is -2.70. The zero-order chi connectivity index (χ0) is 21.1. The molecular weight excluding hydrogens is 397 g/mol. The fraction of sp³-hybridized carbons (Fsp3) is 0.857. The number of alkyl halides is 3. The number of hydrogen-bond acceptors (Lipinski definition) is 4. The van der Waals surface area contributed by atoms with Gasteiger partial charge in [-0.25, -0.2) is 4.79 Å². The van der Waals surface area contributed by atoms with Crippen molar-refractivity contribution in [1.82, 2.24) is 20.4 Å². The quantitative estimate of drug-likeness (QED) is 0.761. The average molecular weight is 426 g/mol. The maximum atomic E-state index is 13.6. The third-order valence-corrected chi connectivity index (χ3v) is 8.07. The number of carbonyl (C=O) groups is 1. The SMILES string of the molecule is Cc1nnc([C@]23CCC[C@H](C2)N3C(=O)NC2CCC(C(F)(F)F)C(C3CCC3)C2)o1. The second-order valence-corrected chi connectivity index (χ2v) is 9.74. The summed E-state index contributed by atoms with van der Waals surface area (Å²) in [6.45, 7) is 1.73. The lowest BCUT2D eigenvalue weighted by molar-refractivity contribution is -0.206. The van der Waals surface area contributed by atoms with Crippen LogP contribution in [0.5, 0.6) is 0 Å². The molecule has 5 rings (SSSR count). The van der Waals surface area contributed by atoms with E-state index in [4.69, 9.17) is 4.42 Å². The van der Waals surface area contributed by atoms with Gasteiger partial charge in [0.05, 0.1) is 5.92 Å². The number of likely N-dealkylation sites (tertiary alicyclic amines) is 1. The number of halogens is 3. The molecule has 5 atom stereocenters. The van der Waals surface area contributed by atoms with Crippen LogP contribution in [0.4, 0.5) is 18.0 Å². The Balaban J connectivity index is 1.29. The Labute approximate surface area is 174 Å². The molecule has 166 valence electrons. The van der Waals surface area contributed by atoms with Gasteiger partial charge in [-0.15, -0.1) is 10.2 Å². The van der Waals surface area contributed by atoms with Crippen molar-refractivity contribution in [2.75, 3.05) is 0 Å². The number of nitrogens with one attached hydrogen (secondary N) is 1. The Hall–Kier alpha value is -1.80. The van der Waals surface area contributed by atoms with Crippen molar-refractivity contribution in [1.29, 1.82) is 0 Å². The van der Waals surface area contributed by atoms with Gasteiger partial charge in [-0.3, -0.25) is 0 Å². The molecule has 30 heavy (non-hydrogen) atoms. The largest absolute Gasteiger partial charge is 0.423 e. The fourth-order valence-electron chi connectivity index (χ4n) is 6.42. The van der Waals surface area contributed by atoms with Gasteiger partial charge >= 0.3 is 12.2 Å². The molecule has 4 fully saturated rings. The van der Waals surface area contributed by atoms with E-state index in [0.717, 1.165) is 44.9 Å². The van der Waals surface area contributed by atoms with Crippen LogP contribution in [0, 0.1) is 24.7 Å². The van der Waals surface area contributed by atoms with Crippen molar-refractivity contribution >= 4 is 6.03 Å². The Morgan fingerprint density at radius 2 is 1.97 bits per heavy atom. The maximum absolute atomic E-state index is 13.6. The summed E-state index contributed by atoms with van der Waals surface area (Å²) >= 11 is 0. The van der Waals surface area contributed by atoms with E-state index in [2.05, 4.69) is 15.5 Å². The molecule has 1 aromatic rings. The van der Waals surface area contributed by atoms with Crippen LogP contribution in [0.1, 0.15) is 76.0 Å². The molecule has 3 unspecified atom stereocenters.